The third-order valence-electron chi connectivity index (χ3n) is 3.35. The molecule has 1 aliphatic rings. The van der Waals surface area contributed by atoms with Gasteiger partial charge in [0.25, 0.3) is 0 Å². The van der Waals surface area contributed by atoms with E-state index in [-0.39, 0.29) is 30.1 Å². The number of carbonyl (C=O) groups is 1. The molecular formula is C14H20ClF2N3O2. The predicted octanol–water partition coefficient (Wildman–Crippen LogP) is 1.75. The maximum absolute atomic E-state index is 12.4. The van der Waals surface area contributed by atoms with Crippen molar-refractivity contribution in [2.45, 2.75) is 25.5 Å². The number of anilines is 1. The van der Waals surface area contributed by atoms with Crippen molar-refractivity contribution in [3.8, 4) is 5.75 Å². The van der Waals surface area contributed by atoms with Crippen molar-refractivity contribution in [1.82, 2.24) is 5.32 Å². The zero-order valence-corrected chi connectivity index (χ0v) is 12.8. The number of halogens is 3. The average Bonchev–Trinajstić information content (AvgIpc) is 2.87. The molecule has 0 aromatic heterocycles. The smallest absolute Gasteiger partial charge is 0.387 e. The lowest BCUT2D eigenvalue weighted by Crippen LogP contribution is -2.37. The Kier molecular flexibility index (Phi) is 7.34. The van der Waals surface area contributed by atoms with Crippen LogP contribution in [0.5, 0.6) is 5.75 Å². The number of nitrogens with two attached hydrogens (primary N) is 1. The van der Waals surface area contributed by atoms with Gasteiger partial charge >= 0.3 is 6.61 Å². The molecule has 0 radical (unpaired) electrons. The second-order valence-electron chi connectivity index (χ2n) is 4.88. The van der Waals surface area contributed by atoms with Crippen LogP contribution in [0.4, 0.5) is 14.5 Å². The fourth-order valence-corrected chi connectivity index (χ4v) is 2.44. The first-order chi connectivity index (χ1) is 10.1. The van der Waals surface area contributed by atoms with Crippen molar-refractivity contribution < 1.29 is 18.3 Å². The molecular weight excluding hydrogens is 316 g/mol. The Morgan fingerprint density at radius 2 is 2.18 bits per heavy atom. The lowest BCUT2D eigenvalue weighted by atomic mass is 10.2. The van der Waals surface area contributed by atoms with Crippen molar-refractivity contribution in [3.05, 3.63) is 24.3 Å². The molecule has 22 heavy (non-hydrogen) atoms. The third-order valence-corrected chi connectivity index (χ3v) is 3.35. The molecule has 2 rings (SSSR count). The van der Waals surface area contributed by atoms with Gasteiger partial charge in [0.1, 0.15) is 5.75 Å². The highest BCUT2D eigenvalue weighted by molar-refractivity contribution is 5.85. The van der Waals surface area contributed by atoms with Gasteiger partial charge in [-0.25, -0.2) is 0 Å². The van der Waals surface area contributed by atoms with Gasteiger partial charge in [-0.3, -0.25) is 4.79 Å². The van der Waals surface area contributed by atoms with Crippen molar-refractivity contribution in [3.63, 3.8) is 0 Å². The second-order valence-corrected chi connectivity index (χ2v) is 4.88. The Labute approximate surface area is 134 Å². The van der Waals surface area contributed by atoms with Crippen LogP contribution in [0.1, 0.15) is 12.8 Å². The van der Waals surface area contributed by atoms with Crippen LogP contribution in [0.15, 0.2) is 24.3 Å². The fraction of sp³-hybridized carbons (Fsp3) is 0.500. The normalized spacial score (nSPS) is 17.3. The van der Waals surface area contributed by atoms with Crippen LogP contribution in [-0.2, 0) is 4.79 Å². The molecule has 124 valence electrons. The molecule has 1 fully saturated rings. The first-order valence-electron chi connectivity index (χ1n) is 6.88. The van der Waals surface area contributed by atoms with Crippen molar-refractivity contribution in [2.75, 3.05) is 24.5 Å². The quantitative estimate of drug-likeness (QED) is 0.831. The summed E-state index contributed by atoms with van der Waals surface area (Å²) in [5.74, 6) is 0.0721. The minimum absolute atomic E-state index is 0. The van der Waals surface area contributed by atoms with Gasteiger partial charge in [-0.15, -0.1) is 12.4 Å². The molecule has 0 bridgehead atoms. The van der Waals surface area contributed by atoms with E-state index >= 15 is 0 Å². The van der Waals surface area contributed by atoms with Crippen molar-refractivity contribution >= 4 is 24.0 Å². The van der Waals surface area contributed by atoms with Gasteiger partial charge in [-0.1, -0.05) is 12.1 Å². The molecule has 0 spiro atoms. The van der Waals surface area contributed by atoms with E-state index in [9.17, 15) is 13.6 Å². The number of nitrogens with zero attached hydrogens (tertiary/aromatic N) is 1. The first-order valence-corrected chi connectivity index (χ1v) is 6.88. The molecule has 1 aliphatic heterocycles. The number of hydrogen-bond donors (Lipinski definition) is 2. The van der Waals surface area contributed by atoms with Crippen LogP contribution in [0.2, 0.25) is 0 Å². The van der Waals surface area contributed by atoms with Gasteiger partial charge in [0.05, 0.1) is 5.69 Å². The number of carbonyl (C=O) groups excluding carboxylic acids is 1. The van der Waals surface area contributed by atoms with Gasteiger partial charge in [0.15, 0.2) is 0 Å². The molecule has 0 aliphatic carbocycles. The number of nitrogens with one attached hydrogen (secondary N) is 1. The molecule has 1 aromatic rings. The minimum atomic E-state index is -2.85. The van der Waals surface area contributed by atoms with E-state index in [0.717, 1.165) is 6.42 Å². The summed E-state index contributed by atoms with van der Waals surface area (Å²) in [4.78, 5) is 13.5. The standard InChI is InChI=1S/C14H19F2N3O2.ClH/c15-14(16)21-12-4-2-1-3-11(12)19-8-6-10(9-19)18-13(20)5-7-17;/h1-4,10,14H,5-9,17H2,(H,18,20);1H. The molecule has 3 N–H and O–H groups in total. The number of hydrogen-bond acceptors (Lipinski definition) is 4. The Balaban J connectivity index is 0.00000242. The summed E-state index contributed by atoms with van der Waals surface area (Å²) < 4.78 is 29.4. The highest BCUT2D eigenvalue weighted by atomic mass is 35.5. The molecule has 0 saturated carbocycles. The van der Waals surface area contributed by atoms with E-state index in [2.05, 4.69) is 10.1 Å². The summed E-state index contributed by atoms with van der Waals surface area (Å²) >= 11 is 0. The van der Waals surface area contributed by atoms with Crippen LogP contribution >= 0.6 is 12.4 Å². The fourth-order valence-electron chi connectivity index (χ4n) is 2.44. The summed E-state index contributed by atoms with van der Waals surface area (Å²) in [5.41, 5.74) is 5.95. The molecule has 1 aromatic carbocycles. The first kappa shape index (κ1) is 18.4. The molecule has 1 amide bonds. The molecule has 1 unspecified atom stereocenters. The SMILES string of the molecule is Cl.NCCC(=O)NC1CCN(c2ccccc2OC(F)F)C1. The monoisotopic (exact) mass is 335 g/mol. The summed E-state index contributed by atoms with van der Waals surface area (Å²) in [6.07, 6.45) is 1.06. The molecule has 1 saturated heterocycles. The maximum Gasteiger partial charge on any atom is 0.387 e. The average molecular weight is 336 g/mol. The molecule has 8 heteroatoms. The number of benzene rings is 1. The summed E-state index contributed by atoms with van der Waals surface area (Å²) in [5, 5.41) is 2.89. The molecule has 1 heterocycles. The van der Waals surface area contributed by atoms with Crippen LogP contribution in [-0.4, -0.2) is 38.2 Å². The summed E-state index contributed by atoms with van der Waals surface area (Å²) in [6, 6.07) is 6.68. The van der Waals surface area contributed by atoms with Crippen LogP contribution in [0.25, 0.3) is 0 Å². The summed E-state index contributed by atoms with van der Waals surface area (Å²) in [6.45, 7) is -1.29. The van der Waals surface area contributed by atoms with E-state index < -0.39 is 6.61 Å². The van der Waals surface area contributed by atoms with E-state index in [4.69, 9.17) is 5.73 Å². The zero-order valence-electron chi connectivity index (χ0n) is 12.0. The highest BCUT2D eigenvalue weighted by Crippen LogP contribution is 2.31. The van der Waals surface area contributed by atoms with E-state index in [0.29, 0.717) is 31.7 Å². The summed E-state index contributed by atoms with van der Waals surface area (Å²) in [7, 11) is 0. The van der Waals surface area contributed by atoms with Crippen LogP contribution in [0.3, 0.4) is 0 Å². The maximum atomic E-state index is 12.4. The van der Waals surface area contributed by atoms with E-state index in [1.54, 1.807) is 18.2 Å². The predicted molar refractivity (Wildman–Crippen MR) is 82.8 cm³/mol. The van der Waals surface area contributed by atoms with E-state index in [1.165, 1.54) is 6.07 Å². The lowest BCUT2D eigenvalue weighted by Gasteiger charge is -2.22. The molecule has 1 atom stereocenters. The number of amides is 1. The second kappa shape index (κ2) is 8.75. The van der Waals surface area contributed by atoms with Crippen LogP contribution in [0, 0.1) is 0 Å². The Hall–Kier alpha value is -1.60. The van der Waals surface area contributed by atoms with Gasteiger partial charge in [0.2, 0.25) is 5.91 Å². The number of ether oxygens (including phenoxy) is 1. The zero-order chi connectivity index (χ0) is 15.2. The minimum Gasteiger partial charge on any atom is -0.433 e. The van der Waals surface area contributed by atoms with Gasteiger partial charge < -0.3 is 20.7 Å². The largest absolute Gasteiger partial charge is 0.433 e. The van der Waals surface area contributed by atoms with Gasteiger partial charge in [0, 0.05) is 32.1 Å². The Morgan fingerprint density at radius 1 is 1.45 bits per heavy atom. The number of para-hydroxylation sites is 2. The topological polar surface area (TPSA) is 67.6 Å². The van der Waals surface area contributed by atoms with Crippen LogP contribution < -0.4 is 20.7 Å². The third kappa shape index (κ3) is 4.99. The van der Waals surface area contributed by atoms with Crippen molar-refractivity contribution in [1.29, 1.82) is 0 Å². The van der Waals surface area contributed by atoms with E-state index in [1.807, 2.05) is 4.90 Å². The van der Waals surface area contributed by atoms with Crippen molar-refractivity contribution in [2.24, 2.45) is 5.73 Å². The lowest BCUT2D eigenvalue weighted by molar-refractivity contribution is -0.121. The highest BCUT2D eigenvalue weighted by Gasteiger charge is 2.26. The molecule has 5 nitrogen and oxygen atoms in total. The number of rotatable bonds is 6. The Bertz CT molecular complexity index is 491. The number of alkyl halides is 2. The van der Waals surface area contributed by atoms with Gasteiger partial charge in [-0.05, 0) is 18.6 Å². The Morgan fingerprint density at radius 3 is 2.86 bits per heavy atom. The van der Waals surface area contributed by atoms with Gasteiger partial charge in [-0.2, -0.15) is 8.78 Å².